The van der Waals surface area contributed by atoms with E-state index in [4.69, 9.17) is 9.47 Å². The number of amides is 1. The molecule has 0 unspecified atom stereocenters. The van der Waals surface area contributed by atoms with E-state index in [0.717, 1.165) is 30.4 Å². The first-order valence-electron chi connectivity index (χ1n) is 11.2. The van der Waals surface area contributed by atoms with E-state index in [2.05, 4.69) is 24.0 Å². The fourth-order valence-corrected chi connectivity index (χ4v) is 4.83. The maximum Gasteiger partial charge on any atom is 0.222 e. The number of aromatic amines is 1. The average Bonchev–Trinajstić information content (AvgIpc) is 3.28. The van der Waals surface area contributed by atoms with E-state index in [1.165, 1.54) is 12.1 Å². The molecule has 0 radical (unpaired) electrons. The molecule has 2 aliphatic heterocycles. The highest BCUT2D eigenvalue weighted by Crippen LogP contribution is 2.44. The standard InChI is InChI=1S/C24H32FN3O3/c1-17(2)21-12-24(16-30-23(21)19-6-8-20(25)9-7-19)15-28(10-11-31-24)22(29)5-3-4-18-13-26-27-14-18/h6-9,13-14,17,21,23H,3-5,10-12,15-16H2,1-2H3,(H,26,27)/t21-,23-,24-/m0/s1. The molecule has 1 amide bonds. The van der Waals surface area contributed by atoms with Gasteiger partial charge in [0.05, 0.1) is 32.1 Å². The zero-order chi connectivity index (χ0) is 21.8. The van der Waals surface area contributed by atoms with Gasteiger partial charge >= 0.3 is 0 Å². The van der Waals surface area contributed by atoms with Gasteiger partial charge in [0, 0.05) is 19.2 Å². The van der Waals surface area contributed by atoms with Crippen LogP contribution in [0.1, 0.15) is 50.3 Å². The monoisotopic (exact) mass is 429 g/mol. The summed E-state index contributed by atoms with van der Waals surface area (Å²) in [4.78, 5) is 14.8. The predicted molar refractivity (Wildman–Crippen MR) is 115 cm³/mol. The Morgan fingerprint density at radius 3 is 2.87 bits per heavy atom. The number of carbonyl (C=O) groups excluding carboxylic acids is 1. The van der Waals surface area contributed by atoms with Crippen molar-refractivity contribution in [3.63, 3.8) is 0 Å². The van der Waals surface area contributed by atoms with Gasteiger partial charge in [-0.25, -0.2) is 4.39 Å². The first-order chi connectivity index (χ1) is 15.0. The predicted octanol–water partition coefficient (Wildman–Crippen LogP) is 3.90. The van der Waals surface area contributed by atoms with E-state index >= 15 is 0 Å². The summed E-state index contributed by atoms with van der Waals surface area (Å²) < 4.78 is 26.0. The molecular formula is C24H32FN3O3. The van der Waals surface area contributed by atoms with Crippen molar-refractivity contribution in [2.45, 2.75) is 51.2 Å². The van der Waals surface area contributed by atoms with Crippen LogP contribution in [0.15, 0.2) is 36.7 Å². The van der Waals surface area contributed by atoms with Crippen molar-refractivity contribution in [3.8, 4) is 0 Å². The average molecular weight is 430 g/mol. The van der Waals surface area contributed by atoms with E-state index in [-0.39, 0.29) is 23.7 Å². The van der Waals surface area contributed by atoms with Gasteiger partial charge in [-0.1, -0.05) is 26.0 Å². The zero-order valence-electron chi connectivity index (χ0n) is 18.4. The highest BCUT2D eigenvalue weighted by molar-refractivity contribution is 5.76. The summed E-state index contributed by atoms with van der Waals surface area (Å²) in [6.45, 7) is 6.53. The lowest BCUT2D eigenvalue weighted by Crippen LogP contribution is -2.59. The van der Waals surface area contributed by atoms with Crippen molar-refractivity contribution in [2.75, 3.05) is 26.3 Å². The highest BCUT2D eigenvalue weighted by atomic mass is 19.1. The van der Waals surface area contributed by atoms with Crippen LogP contribution in [0.3, 0.4) is 0 Å². The number of hydrogen-bond acceptors (Lipinski definition) is 4. The SMILES string of the molecule is CC(C)[C@@H]1C[C@@]2(CO[C@H]1c1ccc(F)cc1)CN(C(=O)CCCc1cn[nH]c1)CCO2. The summed E-state index contributed by atoms with van der Waals surface area (Å²) in [7, 11) is 0. The molecular weight excluding hydrogens is 397 g/mol. The van der Waals surface area contributed by atoms with Crippen molar-refractivity contribution in [2.24, 2.45) is 11.8 Å². The molecule has 7 heteroatoms. The number of benzene rings is 1. The topological polar surface area (TPSA) is 67.5 Å². The summed E-state index contributed by atoms with van der Waals surface area (Å²) >= 11 is 0. The van der Waals surface area contributed by atoms with Crippen LogP contribution in [0.2, 0.25) is 0 Å². The molecule has 1 aromatic carbocycles. The van der Waals surface area contributed by atoms with Crippen LogP contribution in [0.25, 0.3) is 0 Å². The molecule has 2 aromatic rings. The Kier molecular flexibility index (Phi) is 6.72. The van der Waals surface area contributed by atoms with Gasteiger partial charge in [-0.15, -0.1) is 0 Å². The number of nitrogens with zero attached hydrogens (tertiary/aromatic N) is 2. The number of aryl methyl sites for hydroxylation is 1. The molecule has 0 bridgehead atoms. The summed E-state index contributed by atoms with van der Waals surface area (Å²) in [6.07, 6.45) is 6.58. The molecule has 2 aliphatic rings. The smallest absolute Gasteiger partial charge is 0.222 e. The fourth-order valence-electron chi connectivity index (χ4n) is 4.83. The Bertz CT molecular complexity index is 855. The number of morpholine rings is 1. The van der Waals surface area contributed by atoms with Crippen molar-refractivity contribution in [3.05, 3.63) is 53.6 Å². The van der Waals surface area contributed by atoms with Crippen molar-refractivity contribution in [1.29, 1.82) is 0 Å². The van der Waals surface area contributed by atoms with Crippen LogP contribution in [-0.4, -0.2) is 52.9 Å². The lowest BCUT2D eigenvalue weighted by atomic mass is 9.75. The lowest BCUT2D eigenvalue weighted by molar-refractivity contribution is -0.211. The number of hydrogen-bond donors (Lipinski definition) is 1. The van der Waals surface area contributed by atoms with Gasteiger partial charge in [-0.3, -0.25) is 9.89 Å². The molecule has 2 fully saturated rings. The largest absolute Gasteiger partial charge is 0.370 e. The van der Waals surface area contributed by atoms with Crippen molar-refractivity contribution in [1.82, 2.24) is 15.1 Å². The second kappa shape index (κ2) is 9.49. The Labute approximate surface area is 183 Å². The first-order valence-corrected chi connectivity index (χ1v) is 11.2. The van der Waals surface area contributed by atoms with E-state index in [1.54, 1.807) is 6.20 Å². The Balaban J connectivity index is 1.39. The van der Waals surface area contributed by atoms with Gasteiger partial charge in [0.15, 0.2) is 0 Å². The first kappa shape index (κ1) is 22.0. The quantitative estimate of drug-likeness (QED) is 0.756. The minimum absolute atomic E-state index is 0.0872. The van der Waals surface area contributed by atoms with Crippen LogP contribution < -0.4 is 0 Å². The second-order valence-corrected chi connectivity index (χ2v) is 9.20. The van der Waals surface area contributed by atoms with Gasteiger partial charge in [-0.05, 0) is 54.4 Å². The second-order valence-electron chi connectivity index (χ2n) is 9.20. The third-order valence-corrected chi connectivity index (χ3v) is 6.59. The fraction of sp³-hybridized carbons (Fsp3) is 0.583. The maximum atomic E-state index is 13.4. The summed E-state index contributed by atoms with van der Waals surface area (Å²) in [5, 5.41) is 6.76. The molecule has 1 N–H and O–H groups in total. The maximum absolute atomic E-state index is 13.4. The summed E-state index contributed by atoms with van der Waals surface area (Å²) in [5.41, 5.74) is 1.65. The molecule has 3 heterocycles. The Hall–Kier alpha value is -2.25. The highest BCUT2D eigenvalue weighted by Gasteiger charge is 2.47. The van der Waals surface area contributed by atoms with Crippen LogP contribution in [0.4, 0.5) is 4.39 Å². The van der Waals surface area contributed by atoms with Crippen molar-refractivity contribution >= 4 is 5.91 Å². The molecule has 0 saturated carbocycles. The third kappa shape index (κ3) is 5.15. The molecule has 0 aliphatic carbocycles. The molecule has 1 spiro atoms. The van der Waals surface area contributed by atoms with E-state index in [0.29, 0.717) is 38.6 Å². The van der Waals surface area contributed by atoms with Gasteiger partial charge in [0.25, 0.3) is 0 Å². The molecule has 3 atom stereocenters. The lowest BCUT2D eigenvalue weighted by Gasteiger charge is -2.50. The minimum Gasteiger partial charge on any atom is -0.370 e. The van der Waals surface area contributed by atoms with Crippen molar-refractivity contribution < 1.29 is 18.7 Å². The van der Waals surface area contributed by atoms with E-state index in [1.807, 2.05) is 23.2 Å². The third-order valence-electron chi connectivity index (χ3n) is 6.59. The molecule has 168 valence electrons. The van der Waals surface area contributed by atoms with Gasteiger partial charge in [-0.2, -0.15) is 5.10 Å². The minimum atomic E-state index is -0.468. The summed E-state index contributed by atoms with van der Waals surface area (Å²) in [5.74, 6) is 0.537. The normalized spacial score (nSPS) is 26.5. The number of aromatic nitrogens is 2. The van der Waals surface area contributed by atoms with E-state index in [9.17, 15) is 9.18 Å². The number of ether oxygens (including phenoxy) is 2. The Morgan fingerprint density at radius 1 is 1.35 bits per heavy atom. The zero-order valence-corrected chi connectivity index (χ0v) is 18.4. The van der Waals surface area contributed by atoms with Crippen LogP contribution >= 0.6 is 0 Å². The molecule has 31 heavy (non-hydrogen) atoms. The number of H-pyrrole nitrogens is 1. The van der Waals surface area contributed by atoms with Gasteiger partial charge in [0.1, 0.15) is 11.4 Å². The summed E-state index contributed by atoms with van der Waals surface area (Å²) in [6, 6.07) is 6.60. The van der Waals surface area contributed by atoms with E-state index < -0.39 is 5.60 Å². The Morgan fingerprint density at radius 2 is 2.16 bits per heavy atom. The van der Waals surface area contributed by atoms with Crippen LogP contribution in [-0.2, 0) is 20.7 Å². The number of rotatable bonds is 6. The van der Waals surface area contributed by atoms with Gasteiger partial charge < -0.3 is 14.4 Å². The number of carbonyl (C=O) groups is 1. The molecule has 6 nitrogen and oxygen atoms in total. The van der Waals surface area contributed by atoms with Crippen LogP contribution in [0.5, 0.6) is 0 Å². The molecule has 1 aromatic heterocycles. The van der Waals surface area contributed by atoms with Crippen LogP contribution in [0, 0.1) is 17.7 Å². The number of halogens is 1. The van der Waals surface area contributed by atoms with Gasteiger partial charge in [0.2, 0.25) is 5.91 Å². The number of nitrogens with one attached hydrogen (secondary N) is 1. The molecule has 4 rings (SSSR count). The molecule has 2 saturated heterocycles.